The summed E-state index contributed by atoms with van der Waals surface area (Å²) in [6, 6.07) is 5.59. The molecule has 1 aliphatic heterocycles. The SMILES string of the molecule is CC(C)NC(=O)CCN1CCc2c(cccc2C(=O)O)C1. The van der Waals surface area contributed by atoms with E-state index in [0.29, 0.717) is 25.1 Å². The monoisotopic (exact) mass is 290 g/mol. The lowest BCUT2D eigenvalue weighted by atomic mass is 9.94. The molecule has 1 heterocycles. The number of amides is 1. The Morgan fingerprint density at radius 3 is 2.81 bits per heavy atom. The van der Waals surface area contributed by atoms with Gasteiger partial charge in [-0.15, -0.1) is 0 Å². The van der Waals surface area contributed by atoms with Crippen LogP contribution in [0.2, 0.25) is 0 Å². The van der Waals surface area contributed by atoms with Crippen LogP contribution in [0, 0.1) is 0 Å². The van der Waals surface area contributed by atoms with Gasteiger partial charge in [0, 0.05) is 32.1 Å². The van der Waals surface area contributed by atoms with Crippen LogP contribution < -0.4 is 5.32 Å². The van der Waals surface area contributed by atoms with Gasteiger partial charge in [-0.25, -0.2) is 4.79 Å². The maximum atomic E-state index is 11.7. The van der Waals surface area contributed by atoms with Crippen LogP contribution >= 0.6 is 0 Å². The van der Waals surface area contributed by atoms with Crippen LogP contribution in [-0.2, 0) is 17.8 Å². The maximum absolute atomic E-state index is 11.7. The lowest BCUT2D eigenvalue weighted by Crippen LogP contribution is -2.36. The molecule has 0 saturated heterocycles. The fourth-order valence-electron chi connectivity index (χ4n) is 2.71. The highest BCUT2D eigenvalue weighted by Crippen LogP contribution is 2.22. The predicted molar refractivity (Wildman–Crippen MR) is 80.3 cm³/mol. The van der Waals surface area contributed by atoms with Gasteiger partial charge < -0.3 is 10.4 Å². The van der Waals surface area contributed by atoms with Gasteiger partial charge in [-0.2, -0.15) is 0 Å². The van der Waals surface area contributed by atoms with Crippen LogP contribution in [-0.4, -0.2) is 41.0 Å². The molecule has 114 valence electrons. The molecule has 0 aromatic heterocycles. The molecule has 21 heavy (non-hydrogen) atoms. The molecule has 0 unspecified atom stereocenters. The number of benzene rings is 1. The molecule has 1 amide bonds. The smallest absolute Gasteiger partial charge is 0.335 e. The summed E-state index contributed by atoms with van der Waals surface area (Å²) in [7, 11) is 0. The third-order valence-electron chi connectivity index (χ3n) is 3.68. The Morgan fingerprint density at radius 2 is 2.14 bits per heavy atom. The first-order valence-corrected chi connectivity index (χ1v) is 7.33. The second kappa shape index (κ2) is 6.72. The van der Waals surface area contributed by atoms with E-state index in [2.05, 4.69) is 10.2 Å². The van der Waals surface area contributed by atoms with Crippen LogP contribution in [0.5, 0.6) is 0 Å². The molecule has 0 saturated carbocycles. The minimum Gasteiger partial charge on any atom is -0.478 e. The molecule has 0 radical (unpaired) electrons. The van der Waals surface area contributed by atoms with Gasteiger partial charge in [-0.05, 0) is 37.5 Å². The molecular weight excluding hydrogens is 268 g/mol. The first kappa shape index (κ1) is 15.5. The highest BCUT2D eigenvalue weighted by atomic mass is 16.4. The Hall–Kier alpha value is -1.88. The third-order valence-corrected chi connectivity index (χ3v) is 3.68. The van der Waals surface area contributed by atoms with Crippen molar-refractivity contribution in [1.82, 2.24) is 10.2 Å². The highest BCUT2D eigenvalue weighted by Gasteiger charge is 2.21. The van der Waals surface area contributed by atoms with Crippen LogP contribution in [0.4, 0.5) is 0 Å². The van der Waals surface area contributed by atoms with E-state index in [0.717, 1.165) is 24.1 Å². The van der Waals surface area contributed by atoms with E-state index >= 15 is 0 Å². The zero-order valence-electron chi connectivity index (χ0n) is 12.6. The van der Waals surface area contributed by atoms with Gasteiger partial charge in [0.05, 0.1) is 5.56 Å². The summed E-state index contributed by atoms with van der Waals surface area (Å²) in [6.07, 6.45) is 1.20. The van der Waals surface area contributed by atoms with Crippen molar-refractivity contribution in [1.29, 1.82) is 0 Å². The zero-order valence-corrected chi connectivity index (χ0v) is 12.6. The first-order chi connectivity index (χ1) is 9.97. The number of nitrogens with one attached hydrogen (secondary N) is 1. The molecule has 1 aliphatic rings. The van der Waals surface area contributed by atoms with Crippen LogP contribution in [0.15, 0.2) is 18.2 Å². The standard InChI is InChI=1S/C16H22N2O3/c1-11(2)17-15(19)7-9-18-8-6-13-12(10-18)4-3-5-14(13)16(20)21/h3-5,11H,6-10H2,1-2H3,(H,17,19)(H,20,21). The van der Waals surface area contributed by atoms with E-state index in [9.17, 15) is 14.7 Å². The second-order valence-electron chi connectivity index (χ2n) is 5.75. The molecule has 0 atom stereocenters. The summed E-state index contributed by atoms with van der Waals surface area (Å²) in [5, 5.41) is 12.1. The van der Waals surface area contributed by atoms with Crippen LogP contribution in [0.1, 0.15) is 41.8 Å². The number of fused-ring (bicyclic) bond motifs is 1. The quantitative estimate of drug-likeness (QED) is 0.865. The largest absolute Gasteiger partial charge is 0.478 e. The number of carboxylic acid groups (broad SMARTS) is 1. The van der Waals surface area contributed by atoms with Gasteiger partial charge in [-0.3, -0.25) is 9.69 Å². The van der Waals surface area contributed by atoms with Crippen molar-refractivity contribution in [3.05, 3.63) is 34.9 Å². The molecule has 2 N–H and O–H groups in total. The average molecular weight is 290 g/mol. The Morgan fingerprint density at radius 1 is 1.38 bits per heavy atom. The summed E-state index contributed by atoms with van der Waals surface area (Å²) in [5.74, 6) is -0.799. The van der Waals surface area contributed by atoms with Crippen LogP contribution in [0.3, 0.4) is 0 Å². The van der Waals surface area contributed by atoms with Gasteiger partial charge in [0.2, 0.25) is 5.91 Å². The van der Waals surface area contributed by atoms with Crippen molar-refractivity contribution in [3.63, 3.8) is 0 Å². The van der Waals surface area contributed by atoms with Gasteiger partial charge in [0.1, 0.15) is 0 Å². The summed E-state index contributed by atoms with van der Waals surface area (Å²) < 4.78 is 0. The van der Waals surface area contributed by atoms with E-state index < -0.39 is 5.97 Å². The molecular formula is C16H22N2O3. The lowest BCUT2D eigenvalue weighted by Gasteiger charge is -2.29. The van der Waals surface area contributed by atoms with Gasteiger partial charge in [-0.1, -0.05) is 12.1 Å². The topological polar surface area (TPSA) is 69.6 Å². The van der Waals surface area contributed by atoms with E-state index in [-0.39, 0.29) is 11.9 Å². The number of carbonyl (C=O) groups excluding carboxylic acids is 1. The fourth-order valence-corrected chi connectivity index (χ4v) is 2.71. The van der Waals surface area contributed by atoms with E-state index in [1.54, 1.807) is 12.1 Å². The molecule has 0 spiro atoms. The van der Waals surface area contributed by atoms with Gasteiger partial charge in [0.15, 0.2) is 0 Å². The number of nitrogens with zero attached hydrogens (tertiary/aromatic N) is 1. The van der Waals surface area contributed by atoms with Crippen molar-refractivity contribution in [3.8, 4) is 0 Å². The fraction of sp³-hybridized carbons (Fsp3) is 0.500. The van der Waals surface area contributed by atoms with E-state index in [1.807, 2.05) is 19.9 Å². The molecule has 1 aromatic carbocycles. The molecule has 5 heteroatoms. The third kappa shape index (κ3) is 4.04. The highest BCUT2D eigenvalue weighted by molar-refractivity contribution is 5.89. The lowest BCUT2D eigenvalue weighted by molar-refractivity contribution is -0.121. The van der Waals surface area contributed by atoms with Crippen molar-refractivity contribution < 1.29 is 14.7 Å². The van der Waals surface area contributed by atoms with Crippen LogP contribution in [0.25, 0.3) is 0 Å². The Bertz CT molecular complexity index is 540. The summed E-state index contributed by atoms with van der Waals surface area (Å²) in [5.41, 5.74) is 2.41. The maximum Gasteiger partial charge on any atom is 0.335 e. The Labute approximate surface area is 125 Å². The van der Waals surface area contributed by atoms with E-state index in [4.69, 9.17) is 0 Å². The number of aromatic carboxylic acids is 1. The Kier molecular flexibility index (Phi) is 4.96. The average Bonchev–Trinajstić information content (AvgIpc) is 2.43. The number of carbonyl (C=O) groups is 2. The molecule has 5 nitrogen and oxygen atoms in total. The number of hydrogen-bond acceptors (Lipinski definition) is 3. The Balaban J connectivity index is 1.96. The predicted octanol–water partition coefficient (Wildman–Crippen LogP) is 1.66. The molecule has 1 aromatic rings. The van der Waals surface area contributed by atoms with Crippen molar-refractivity contribution in [2.24, 2.45) is 0 Å². The number of rotatable bonds is 5. The molecule has 0 aliphatic carbocycles. The summed E-state index contributed by atoms with van der Waals surface area (Å²) in [4.78, 5) is 25.1. The summed E-state index contributed by atoms with van der Waals surface area (Å²) >= 11 is 0. The molecule has 0 bridgehead atoms. The van der Waals surface area contributed by atoms with Gasteiger partial charge in [0.25, 0.3) is 0 Å². The first-order valence-electron chi connectivity index (χ1n) is 7.33. The van der Waals surface area contributed by atoms with Crippen molar-refractivity contribution >= 4 is 11.9 Å². The molecule has 0 fully saturated rings. The summed E-state index contributed by atoms with van der Waals surface area (Å²) in [6.45, 7) is 6.11. The zero-order chi connectivity index (χ0) is 15.4. The normalized spacial score (nSPS) is 14.8. The van der Waals surface area contributed by atoms with Gasteiger partial charge >= 0.3 is 5.97 Å². The molecule has 2 rings (SSSR count). The number of carboxylic acids is 1. The minimum absolute atomic E-state index is 0.0649. The number of hydrogen-bond donors (Lipinski definition) is 2. The minimum atomic E-state index is -0.864. The van der Waals surface area contributed by atoms with E-state index in [1.165, 1.54) is 0 Å². The van der Waals surface area contributed by atoms with Crippen molar-refractivity contribution in [2.45, 2.75) is 39.3 Å². The van der Waals surface area contributed by atoms with Crippen molar-refractivity contribution in [2.75, 3.05) is 13.1 Å². The second-order valence-corrected chi connectivity index (χ2v) is 5.75.